The Hall–Kier alpha value is -3.06. The molecule has 0 radical (unpaired) electrons. The quantitative estimate of drug-likeness (QED) is 0.256. The van der Waals surface area contributed by atoms with Gasteiger partial charge in [-0.05, 0) is 55.8 Å². The third-order valence-electron chi connectivity index (χ3n) is 6.06. The number of nitrogens with zero attached hydrogens (tertiary/aromatic N) is 2. The molecule has 0 aliphatic carbocycles. The van der Waals surface area contributed by atoms with Crippen molar-refractivity contribution in [1.82, 2.24) is 9.55 Å². The second-order valence-electron chi connectivity index (χ2n) is 9.07. The summed E-state index contributed by atoms with van der Waals surface area (Å²) in [5, 5.41) is 32.6. The van der Waals surface area contributed by atoms with E-state index in [0.717, 1.165) is 17.2 Å². The number of hydrogen-bond acceptors (Lipinski definition) is 5. The highest BCUT2D eigenvalue weighted by atomic mass is 35.5. The maximum atomic E-state index is 10.5. The van der Waals surface area contributed by atoms with Crippen LogP contribution in [-0.4, -0.2) is 30.5 Å². The summed E-state index contributed by atoms with van der Waals surface area (Å²) in [7, 11) is 0. The van der Waals surface area contributed by atoms with Crippen molar-refractivity contribution < 1.29 is 20.1 Å². The molecule has 1 aliphatic rings. The maximum absolute atomic E-state index is 10.5. The summed E-state index contributed by atoms with van der Waals surface area (Å²) < 4.78 is 7.53. The molecule has 0 saturated carbocycles. The molecule has 0 saturated heterocycles. The molecule has 0 fully saturated rings. The molecule has 0 bridgehead atoms. The zero-order valence-electron chi connectivity index (χ0n) is 18.8. The molecule has 2 aromatic carbocycles. The SMILES string of the molecule is CC1(C)CC(n2c(O)cc(O)c2O)c2cc(-c3ccc(Cl)cc3)c(-c3ccc(Cl)cc3Cl)nc2O1. The monoisotopic (exact) mass is 530 g/mol. The van der Waals surface area contributed by atoms with E-state index in [9.17, 15) is 15.3 Å². The number of aromatic hydroxyl groups is 3. The van der Waals surface area contributed by atoms with Crippen molar-refractivity contribution in [3.63, 3.8) is 0 Å². The van der Waals surface area contributed by atoms with Crippen LogP contribution in [0.5, 0.6) is 23.4 Å². The second-order valence-corrected chi connectivity index (χ2v) is 10.4. The first-order valence-corrected chi connectivity index (χ1v) is 11.9. The first kappa shape index (κ1) is 23.7. The fourth-order valence-electron chi connectivity index (χ4n) is 4.47. The number of hydrogen-bond donors (Lipinski definition) is 3. The van der Waals surface area contributed by atoms with E-state index in [1.54, 1.807) is 30.3 Å². The summed E-state index contributed by atoms with van der Waals surface area (Å²) >= 11 is 18.8. The van der Waals surface area contributed by atoms with Gasteiger partial charge in [-0.1, -0.05) is 46.9 Å². The van der Waals surface area contributed by atoms with Crippen LogP contribution in [0, 0.1) is 0 Å². The zero-order chi connectivity index (χ0) is 25.1. The molecule has 4 aromatic rings. The molecular formula is C26H21Cl3N2O4. The third-order valence-corrected chi connectivity index (χ3v) is 6.86. The number of fused-ring (bicyclic) bond motifs is 1. The van der Waals surface area contributed by atoms with Crippen molar-refractivity contribution in [2.24, 2.45) is 0 Å². The minimum absolute atomic E-state index is 0.272. The van der Waals surface area contributed by atoms with Gasteiger partial charge >= 0.3 is 0 Å². The number of aromatic nitrogens is 2. The standard InChI is InChI=1S/C26H21Cl3N2O4/c1-26(2)12-20(31-22(33)11-21(32)25(31)34)18-10-17(13-3-5-14(27)6-4-13)23(30-24(18)35-26)16-8-7-15(28)9-19(16)29/h3-11,20,32-34H,12H2,1-2H3. The zero-order valence-corrected chi connectivity index (χ0v) is 21.0. The fourth-order valence-corrected chi connectivity index (χ4v) is 5.10. The molecule has 9 heteroatoms. The third kappa shape index (κ3) is 4.27. The Bertz CT molecular complexity index is 1450. The Kier molecular flexibility index (Phi) is 5.79. The summed E-state index contributed by atoms with van der Waals surface area (Å²) in [6.45, 7) is 3.79. The minimum Gasteiger partial charge on any atom is -0.503 e. The molecule has 180 valence electrons. The Morgan fingerprint density at radius 2 is 1.60 bits per heavy atom. The molecule has 1 unspecified atom stereocenters. The van der Waals surface area contributed by atoms with Crippen LogP contribution >= 0.6 is 34.8 Å². The normalized spacial score (nSPS) is 16.5. The van der Waals surface area contributed by atoms with Crippen LogP contribution in [0.25, 0.3) is 22.4 Å². The van der Waals surface area contributed by atoms with Crippen LogP contribution in [0.2, 0.25) is 15.1 Å². The Labute approximate surface area is 216 Å². The number of ether oxygens (including phenoxy) is 1. The van der Waals surface area contributed by atoms with Crippen LogP contribution < -0.4 is 4.74 Å². The topological polar surface area (TPSA) is 87.7 Å². The van der Waals surface area contributed by atoms with Gasteiger partial charge in [0.2, 0.25) is 11.8 Å². The van der Waals surface area contributed by atoms with E-state index in [-0.39, 0.29) is 5.88 Å². The van der Waals surface area contributed by atoms with E-state index in [2.05, 4.69) is 0 Å². The molecule has 3 heterocycles. The molecular weight excluding hydrogens is 511 g/mol. The summed E-state index contributed by atoms with van der Waals surface area (Å²) in [5.41, 5.74) is 2.76. The highest BCUT2D eigenvalue weighted by Gasteiger charge is 2.39. The van der Waals surface area contributed by atoms with Gasteiger partial charge < -0.3 is 20.1 Å². The number of benzene rings is 2. The van der Waals surface area contributed by atoms with Crippen molar-refractivity contribution in [3.8, 4) is 45.8 Å². The van der Waals surface area contributed by atoms with E-state index >= 15 is 0 Å². The van der Waals surface area contributed by atoms with Crippen LogP contribution in [-0.2, 0) is 0 Å². The van der Waals surface area contributed by atoms with Gasteiger partial charge in [0.25, 0.3) is 0 Å². The molecule has 2 aromatic heterocycles. The molecule has 1 atom stereocenters. The number of halogens is 3. The van der Waals surface area contributed by atoms with Crippen molar-refractivity contribution in [1.29, 1.82) is 0 Å². The smallest absolute Gasteiger partial charge is 0.238 e. The Morgan fingerprint density at radius 1 is 0.914 bits per heavy atom. The van der Waals surface area contributed by atoms with Crippen molar-refractivity contribution in [2.45, 2.75) is 31.9 Å². The van der Waals surface area contributed by atoms with E-state index in [0.29, 0.717) is 44.2 Å². The van der Waals surface area contributed by atoms with Gasteiger partial charge in [-0.15, -0.1) is 0 Å². The lowest BCUT2D eigenvalue weighted by atomic mass is 9.88. The van der Waals surface area contributed by atoms with E-state index < -0.39 is 23.3 Å². The number of rotatable bonds is 3. The van der Waals surface area contributed by atoms with Gasteiger partial charge in [-0.3, -0.25) is 4.57 Å². The van der Waals surface area contributed by atoms with Crippen molar-refractivity contribution >= 4 is 34.8 Å². The molecule has 5 rings (SSSR count). The lowest BCUT2D eigenvalue weighted by molar-refractivity contribution is 0.0587. The van der Waals surface area contributed by atoms with Gasteiger partial charge in [0.15, 0.2) is 11.6 Å². The minimum atomic E-state index is -0.688. The summed E-state index contributed by atoms with van der Waals surface area (Å²) in [6, 6.07) is 14.9. The summed E-state index contributed by atoms with van der Waals surface area (Å²) in [5.74, 6) is -0.790. The Morgan fingerprint density at radius 3 is 2.23 bits per heavy atom. The lowest BCUT2D eigenvalue weighted by Gasteiger charge is -2.38. The fraction of sp³-hybridized carbons (Fsp3) is 0.192. The van der Waals surface area contributed by atoms with Gasteiger partial charge in [-0.2, -0.15) is 0 Å². The molecule has 0 amide bonds. The molecule has 35 heavy (non-hydrogen) atoms. The van der Waals surface area contributed by atoms with Crippen molar-refractivity contribution in [3.05, 3.63) is 75.2 Å². The van der Waals surface area contributed by atoms with E-state index in [4.69, 9.17) is 44.5 Å². The molecule has 3 N–H and O–H groups in total. The largest absolute Gasteiger partial charge is 0.503 e. The van der Waals surface area contributed by atoms with Gasteiger partial charge in [0.1, 0.15) is 5.60 Å². The van der Waals surface area contributed by atoms with Crippen LogP contribution in [0.15, 0.2) is 54.6 Å². The maximum Gasteiger partial charge on any atom is 0.238 e. The predicted molar refractivity (Wildman–Crippen MR) is 137 cm³/mol. The van der Waals surface area contributed by atoms with Crippen LogP contribution in [0.4, 0.5) is 0 Å². The van der Waals surface area contributed by atoms with Gasteiger partial charge in [-0.25, -0.2) is 4.98 Å². The van der Waals surface area contributed by atoms with E-state index in [1.807, 2.05) is 32.0 Å². The first-order valence-electron chi connectivity index (χ1n) is 10.8. The summed E-state index contributed by atoms with van der Waals surface area (Å²) in [4.78, 5) is 4.89. The first-order chi connectivity index (χ1) is 16.5. The van der Waals surface area contributed by atoms with Crippen LogP contribution in [0.3, 0.4) is 0 Å². The van der Waals surface area contributed by atoms with Crippen LogP contribution in [0.1, 0.15) is 31.9 Å². The highest BCUT2D eigenvalue weighted by Crippen LogP contribution is 2.49. The average Bonchev–Trinajstić information content (AvgIpc) is 3.03. The lowest BCUT2D eigenvalue weighted by Crippen LogP contribution is -2.37. The molecule has 6 nitrogen and oxygen atoms in total. The predicted octanol–water partition coefficient (Wildman–Crippen LogP) is 7.44. The van der Waals surface area contributed by atoms with Gasteiger partial charge in [0, 0.05) is 39.2 Å². The number of pyridine rings is 1. The highest BCUT2D eigenvalue weighted by molar-refractivity contribution is 6.36. The van der Waals surface area contributed by atoms with E-state index in [1.165, 1.54) is 4.57 Å². The average molecular weight is 532 g/mol. The Balaban J connectivity index is 1.80. The van der Waals surface area contributed by atoms with Crippen molar-refractivity contribution in [2.75, 3.05) is 0 Å². The second kappa shape index (κ2) is 8.55. The summed E-state index contributed by atoms with van der Waals surface area (Å²) in [6.07, 6.45) is 0.401. The van der Waals surface area contributed by atoms with Gasteiger partial charge in [0.05, 0.1) is 16.8 Å². The molecule has 0 spiro atoms. The molecule has 1 aliphatic heterocycles.